The van der Waals surface area contributed by atoms with Crippen molar-refractivity contribution in [3.63, 3.8) is 0 Å². The summed E-state index contributed by atoms with van der Waals surface area (Å²) in [5.41, 5.74) is 3.06. The third-order valence-corrected chi connectivity index (χ3v) is 3.68. The largest absolute Gasteiger partial charge is 0.497 e. The van der Waals surface area contributed by atoms with E-state index in [0.717, 1.165) is 24.2 Å². The molecule has 1 atom stereocenters. The predicted octanol–water partition coefficient (Wildman–Crippen LogP) is 2.88. The summed E-state index contributed by atoms with van der Waals surface area (Å²) in [5.74, 6) is -0.0256. The van der Waals surface area contributed by atoms with Gasteiger partial charge in [0.1, 0.15) is 17.7 Å². The number of ether oxygens (including phenoxy) is 1. The van der Waals surface area contributed by atoms with Crippen molar-refractivity contribution in [1.29, 1.82) is 0 Å². The topological polar surface area (TPSA) is 41.5 Å². The van der Waals surface area contributed by atoms with Gasteiger partial charge in [0, 0.05) is 29.4 Å². The molecule has 4 heteroatoms. The Kier molecular flexibility index (Phi) is 3.32. The van der Waals surface area contributed by atoms with Gasteiger partial charge in [-0.3, -0.25) is 0 Å². The number of hydrogen-bond acceptors (Lipinski definition) is 3. The zero-order valence-electron chi connectivity index (χ0n) is 11.2. The van der Waals surface area contributed by atoms with Gasteiger partial charge in [0.05, 0.1) is 7.11 Å². The van der Waals surface area contributed by atoms with Gasteiger partial charge in [0.15, 0.2) is 0 Å². The standard InChI is InChI=1S/C16H16FNO2/c1-20-11-5-6-12(14(17)9-11)16(19)13-4-2-3-10-7-8-18-15(10)13/h2-6,9,16,18-19H,7-8H2,1H3. The van der Waals surface area contributed by atoms with Crippen molar-refractivity contribution in [3.05, 3.63) is 58.9 Å². The monoisotopic (exact) mass is 273 g/mol. The molecule has 1 aliphatic heterocycles. The van der Waals surface area contributed by atoms with E-state index in [4.69, 9.17) is 4.74 Å². The second-order valence-corrected chi connectivity index (χ2v) is 4.85. The minimum atomic E-state index is -0.985. The molecule has 0 aromatic heterocycles. The van der Waals surface area contributed by atoms with Gasteiger partial charge in [-0.1, -0.05) is 18.2 Å². The van der Waals surface area contributed by atoms with E-state index in [2.05, 4.69) is 5.32 Å². The van der Waals surface area contributed by atoms with Crippen LogP contribution in [0.3, 0.4) is 0 Å². The summed E-state index contributed by atoms with van der Waals surface area (Å²) in [5, 5.41) is 13.7. The summed E-state index contributed by atoms with van der Waals surface area (Å²) < 4.78 is 19.0. The van der Waals surface area contributed by atoms with Gasteiger partial charge in [0.25, 0.3) is 0 Å². The third kappa shape index (κ3) is 2.12. The highest BCUT2D eigenvalue weighted by atomic mass is 19.1. The fourth-order valence-electron chi connectivity index (χ4n) is 2.62. The highest BCUT2D eigenvalue weighted by Crippen LogP contribution is 2.35. The van der Waals surface area contributed by atoms with Gasteiger partial charge in [-0.2, -0.15) is 0 Å². The SMILES string of the molecule is COc1ccc(C(O)c2cccc3c2NCC3)c(F)c1. The second kappa shape index (κ2) is 5.13. The van der Waals surface area contributed by atoms with Crippen LogP contribution < -0.4 is 10.1 Å². The summed E-state index contributed by atoms with van der Waals surface area (Å²) >= 11 is 0. The van der Waals surface area contributed by atoms with Crippen molar-refractivity contribution in [1.82, 2.24) is 0 Å². The predicted molar refractivity (Wildman–Crippen MR) is 75.6 cm³/mol. The molecule has 0 aliphatic carbocycles. The lowest BCUT2D eigenvalue weighted by atomic mass is 9.97. The lowest BCUT2D eigenvalue weighted by Crippen LogP contribution is -2.06. The molecule has 0 saturated heterocycles. The molecule has 2 aromatic rings. The number of methoxy groups -OCH3 is 1. The fraction of sp³-hybridized carbons (Fsp3) is 0.250. The minimum absolute atomic E-state index is 0.257. The van der Waals surface area contributed by atoms with E-state index in [1.165, 1.54) is 13.2 Å². The first-order valence-corrected chi connectivity index (χ1v) is 6.58. The van der Waals surface area contributed by atoms with Crippen LogP contribution in [0.4, 0.5) is 10.1 Å². The molecule has 2 N–H and O–H groups in total. The highest BCUT2D eigenvalue weighted by Gasteiger charge is 2.22. The molecule has 1 unspecified atom stereocenters. The Labute approximate surface area is 117 Å². The maximum Gasteiger partial charge on any atom is 0.133 e. The first-order chi connectivity index (χ1) is 9.70. The molecule has 1 heterocycles. The van der Waals surface area contributed by atoms with Crippen LogP contribution in [-0.2, 0) is 6.42 Å². The van der Waals surface area contributed by atoms with Crippen LogP contribution in [0.2, 0.25) is 0 Å². The maximum absolute atomic E-state index is 14.1. The summed E-state index contributed by atoms with van der Waals surface area (Å²) in [6.45, 7) is 0.851. The number of aliphatic hydroxyl groups excluding tert-OH is 1. The van der Waals surface area contributed by atoms with Crippen molar-refractivity contribution < 1.29 is 14.2 Å². The Morgan fingerprint density at radius 3 is 2.85 bits per heavy atom. The maximum atomic E-state index is 14.1. The van der Waals surface area contributed by atoms with E-state index in [-0.39, 0.29) is 5.56 Å². The first kappa shape index (κ1) is 12.9. The van der Waals surface area contributed by atoms with Gasteiger partial charge < -0.3 is 15.2 Å². The van der Waals surface area contributed by atoms with Crippen LogP contribution in [0.15, 0.2) is 36.4 Å². The third-order valence-electron chi connectivity index (χ3n) is 3.68. The number of benzene rings is 2. The van der Waals surface area contributed by atoms with Gasteiger partial charge in [0.2, 0.25) is 0 Å². The number of nitrogens with one attached hydrogen (secondary N) is 1. The molecular formula is C16H16FNO2. The molecule has 0 spiro atoms. The second-order valence-electron chi connectivity index (χ2n) is 4.85. The molecule has 0 radical (unpaired) electrons. The van der Waals surface area contributed by atoms with Crippen molar-refractivity contribution in [2.75, 3.05) is 19.0 Å². The van der Waals surface area contributed by atoms with Crippen molar-refractivity contribution in [3.8, 4) is 5.75 Å². The minimum Gasteiger partial charge on any atom is -0.497 e. The summed E-state index contributed by atoms with van der Waals surface area (Å²) in [6, 6.07) is 10.2. The Bertz CT molecular complexity index is 642. The summed E-state index contributed by atoms with van der Waals surface area (Å²) in [4.78, 5) is 0. The molecule has 2 aromatic carbocycles. The molecular weight excluding hydrogens is 257 g/mol. The quantitative estimate of drug-likeness (QED) is 0.903. The fourth-order valence-corrected chi connectivity index (χ4v) is 2.62. The van der Waals surface area contributed by atoms with Gasteiger partial charge >= 0.3 is 0 Å². The molecule has 3 nitrogen and oxygen atoms in total. The number of para-hydroxylation sites is 1. The Hall–Kier alpha value is -2.07. The van der Waals surface area contributed by atoms with E-state index in [1.54, 1.807) is 12.1 Å². The van der Waals surface area contributed by atoms with Crippen molar-refractivity contribution in [2.24, 2.45) is 0 Å². The zero-order valence-corrected chi connectivity index (χ0v) is 11.2. The molecule has 0 bridgehead atoms. The number of hydrogen-bond donors (Lipinski definition) is 2. The average molecular weight is 273 g/mol. The molecule has 3 rings (SSSR count). The average Bonchev–Trinajstić information content (AvgIpc) is 2.94. The number of aliphatic hydroxyl groups is 1. The van der Waals surface area contributed by atoms with Crippen LogP contribution in [0.25, 0.3) is 0 Å². The highest BCUT2D eigenvalue weighted by molar-refractivity contribution is 5.63. The number of rotatable bonds is 3. The molecule has 20 heavy (non-hydrogen) atoms. The van der Waals surface area contributed by atoms with E-state index >= 15 is 0 Å². The van der Waals surface area contributed by atoms with Crippen LogP contribution in [0.5, 0.6) is 5.75 Å². The lowest BCUT2D eigenvalue weighted by molar-refractivity contribution is 0.215. The lowest BCUT2D eigenvalue weighted by Gasteiger charge is -2.16. The molecule has 0 fully saturated rings. The normalized spacial score (nSPS) is 14.6. The number of anilines is 1. The number of fused-ring (bicyclic) bond motifs is 1. The Balaban J connectivity index is 2.01. The Morgan fingerprint density at radius 2 is 2.10 bits per heavy atom. The van der Waals surface area contributed by atoms with E-state index in [0.29, 0.717) is 11.3 Å². The van der Waals surface area contributed by atoms with E-state index in [1.807, 2.05) is 18.2 Å². The summed E-state index contributed by atoms with van der Waals surface area (Å²) in [6.07, 6.45) is -0.0532. The van der Waals surface area contributed by atoms with E-state index in [9.17, 15) is 9.50 Å². The molecule has 1 aliphatic rings. The zero-order chi connectivity index (χ0) is 14.1. The van der Waals surface area contributed by atoms with Crippen LogP contribution in [0.1, 0.15) is 22.8 Å². The van der Waals surface area contributed by atoms with E-state index < -0.39 is 11.9 Å². The molecule has 0 amide bonds. The van der Waals surface area contributed by atoms with Crippen LogP contribution >= 0.6 is 0 Å². The number of halogens is 1. The molecule has 0 saturated carbocycles. The molecule has 104 valence electrons. The van der Waals surface area contributed by atoms with Crippen LogP contribution in [0, 0.1) is 5.82 Å². The summed E-state index contributed by atoms with van der Waals surface area (Å²) in [7, 11) is 1.48. The van der Waals surface area contributed by atoms with Gasteiger partial charge in [-0.25, -0.2) is 4.39 Å². The Morgan fingerprint density at radius 1 is 1.25 bits per heavy atom. The van der Waals surface area contributed by atoms with Gasteiger partial charge in [-0.05, 0) is 24.1 Å². The smallest absolute Gasteiger partial charge is 0.133 e. The first-order valence-electron chi connectivity index (χ1n) is 6.58. The van der Waals surface area contributed by atoms with Crippen LogP contribution in [-0.4, -0.2) is 18.8 Å². The van der Waals surface area contributed by atoms with Gasteiger partial charge in [-0.15, -0.1) is 0 Å². The van der Waals surface area contributed by atoms with Crippen molar-refractivity contribution in [2.45, 2.75) is 12.5 Å². The van der Waals surface area contributed by atoms with Crippen molar-refractivity contribution >= 4 is 5.69 Å².